The van der Waals surface area contributed by atoms with E-state index in [1.165, 1.54) is 12.1 Å². The van der Waals surface area contributed by atoms with Gasteiger partial charge in [-0.15, -0.1) is 0 Å². The summed E-state index contributed by atoms with van der Waals surface area (Å²) in [5.74, 6) is -0.730. The van der Waals surface area contributed by atoms with Crippen molar-refractivity contribution in [1.29, 1.82) is 0 Å². The zero-order valence-corrected chi connectivity index (χ0v) is 8.77. The molecule has 0 amide bonds. The third-order valence-corrected chi connectivity index (χ3v) is 2.61. The van der Waals surface area contributed by atoms with E-state index in [1.807, 2.05) is 18.2 Å². The maximum absolute atomic E-state index is 13.6. The minimum Gasteiger partial charge on any atom is -0.300 e. The number of hydrogen-bond donors (Lipinski definition) is 0. The maximum Gasteiger partial charge on any atom is 0.147 e. The van der Waals surface area contributed by atoms with Crippen LogP contribution < -0.4 is 0 Å². The van der Waals surface area contributed by atoms with Gasteiger partial charge in [0.15, 0.2) is 0 Å². The van der Waals surface area contributed by atoms with Crippen molar-refractivity contribution >= 4 is 5.52 Å². The van der Waals surface area contributed by atoms with Crippen molar-refractivity contribution < 1.29 is 8.78 Å². The first kappa shape index (κ1) is 9.96. The Labute approximate surface area is 96.2 Å². The Morgan fingerprint density at radius 2 is 1.94 bits per heavy atom. The Bertz CT molecular complexity index is 689. The number of hydrogen-bond acceptors (Lipinski definition) is 1. The lowest BCUT2D eigenvalue weighted by atomic mass is 10.2. The van der Waals surface area contributed by atoms with Crippen LogP contribution >= 0.6 is 0 Å². The monoisotopic (exact) mass is 230 g/mol. The molecule has 0 spiro atoms. The maximum atomic E-state index is 13.6. The summed E-state index contributed by atoms with van der Waals surface area (Å²) >= 11 is 0. The van der Waals surface area contributed by atoms with Crippen LogP contribution in [0.25, 0.3) is 16.9 Å². The van der Waals surface area contributed by atoms with E-state index in [9.17, 15) is 8.78 Å². The standard InChI is InChI=1S/C13H8F2N2/c14-9-4-5-11(12(15)7-9)13-16-8-10-3-1-2-6-17(10)13/h1-8H. The lowest BCUT2D eigenvalue weighted by molar-refractivity contribution is 0.585. The summed E-state index contributed by atoms with van der Waals surface area (Å²) in [6, 6.07) is 9.06. The van der Waals surface area contributed by atoms with Crippen molar-refractivity contribution in [1.82, 2.24) is 9.38 Å². The topological polar surface area (TPSA) is 17.3 Å². The molecular formula is C13H8F2N2. The molecule has 0 unspecified atom stereocenters. The molecule has 0 aliphatic heterocycles. The fraction of sp³-hybridized carbons (Fsp3) is 0. The molecule has 0 radical (unpaired) electrons. The first-order chi connectivity index (χ1) is 8.25. The second kappa shape index (κ2) is 3.66. The first-order valence-corrected chi connectivity index (χ1v) is 5.13. The van der Waals surface area contributed by atoms with Gasteiger partial charge in [0.05, 0.1) is 17.3 Å². The Balaban J connectivity index is 2.27. The van der Waals surface area contributed by atoms with E-state index in [0.717, 1.165) is 11.6 Å². The van der Waals surface area contributed by atoms with Crippen LogP contribution in [-0.2, 0) is 0 Å². The quantitative estimate of drug-likeness (QED) is 0.627. The number of rotatable bonds is 1. The van der Waals surface area contributed by atoms with E-state index in [-0.39, 0.29) is 5.56 Å². The van der Waals surface area contributed by atoms with Gasteiger partial charge in [0.25, 0.3) is 0 Å². The minimum absolute atomic E-state index is 0.289. The zero-order chi connectivity index (χ0) is 11.8. The van der Waals surface area contributed by atoms with E-state index in [0.29, 0.717) is 5.82 Å². The average molecular weight is 230 g/mol. The molecule has 1 aromatic carbocycles. The molecular weight excluding hydrogens is 222 g/mol. The van der Waals surface area contributed by atoms with E-state index < -0.39 is 11.6 Å². The largest absolute Gasteiger partial charge is 0.300 e. The van der Waals surface area contributed by atoms with Crippen LogP contribution in [0.5, 0.6) is 0 Å². The van der Waals surface area contributed by atoms with Gasteiger partial charge in [-0.2, -0.15) is 0 Å². The van der Waals surface area contributed by atoms with Crippen LogP contribution in [0.2, 0.25) is 0 Å². The Kier molecular flexibility index (Phi) is 2.14. The third-order valence-electron chi connectivity index (χ3n) is 2.61. The fourth-order valence-electron chi connectivity index (χ4n) is 1.81. The Morgan fingerprint density at radius 3 is 2.76 bits per heavy atom. The first-order valence-electron chi connectivity index (χ1n) is 5.13. The van der Waals surface area contributed by atoms with Crippen molar-refractivity contribution in [2.45, 2.75) is 0 Å². The van der Waals surface area contributed by atoms with Crippen LogP contribution in [0.4, 0.5) is 8.78 Å². The van der Waals surface area contributed by atoms with Crippen LogP contribution in [0.3, 0.4) is 0 Å². The van der Waals surface area contributed by atoms with Crippen molar-refractivity contribution in [3.8, 4) is 11.4 Å². The summed E-state index contributed by atoms with van der Waals surface area (Å²) in [7, 11) is 0. The number of pyridine rings is 1. The van der Waals surface area contributed by atoms with Crippen molar-refractivity contribution in [2.24, 2.45) is 0 Å². The molecule has 0 fully saturated rings. The van der Waals surface area contributed by atoms with Gasteiger partial charge in [-0.05, 0) is 24.3 Å². The highest BCUT2D eigenvalue weighted by Crippen LogP contribution is 2.23. The third kappa shape index (κ3) is 1.58. The number of fused-ring (bicyclic) bond motifs is 1. The minimum atomic E-state index is -0.610. The number of halogens is 2. The van der Waals surface area contributed by atoms with Crippen LogP contribution in [0.15, 0.2) is 48.8 Å². The van der Waals surface area contributed by atoms with Gasteiger partial charge in [0.2, 0.25) is 0 Å². The van der Waals surface area contributed by atoms with E-state index in [2.05, 4.69) is 4.98 Å². The molecule has 4 heteroatoms. The van der Waals surface area contributed by atoms with Gasteiger partial charge < -0.3 is 0 Å². The Hall–Kier alpha value is -2.23. The van der Waals surface area contributed by atoms with E-state index >= 15 is 0 Å². The van der Waals surface area contributed by atoms with Gasteiger partial charge >= 0.3 is 0 Å². The van der Waals surface area contributed by atoms with Crippen molar-refractivity contribution in [3.05, 3.63) is 60.4 Å². The van der Waals surface area contributed by atoms with Gasteiger partial charge in [0, 0.05) is 12.3 Å². The molecule has 3 aromatic rings. The number of imidazole rings is 1. The fourth-order valence-corrected chi connectivity index (χ4v) is 1.81. The highest BCUT2D eigenvalue weighted by molar-refractivity contribution is 5.62. The summed E-state index contributed by atoms with van der Waals surface area (Å²) in [5.41, 5.74) is 1.16. The van der Waals surface area contributed by atoms with Gasteiger partial charge in [-0.25, -0.2) is 13.8 Å². The number of aromatic nitrogens is 2. The SMILES string of the molecule is Fc1ccc(-c2ncc3ccccn23)c(F)c1. The number of nitrogens with zero attached hydrogens (tertiary/aromatic N) is 2. The second-order valence-electron chi connectivity index (χ2n) is 3.70. The molecule has 0 saturated carbocycles. The highest BCUT2D eigenvalue weighted by atomic mass is 19.1. The molecule has 0 aliphatic rings. The molecule has 17 heavy (non-hydrogen) atoms. The molecule has 84 valence electrons. The van der Waals surface area contributed by atoms with Gasteiger partial charge in [-0.1, -0.05) is 6.07 Å². The molecule has 2 nitrogen and oxygen atoms in total. The van der Waals surface area contributed by atoms with Crippen molar-refractivity contribution in [2.75, 3.05) is 0 Å². The summed E-state index contributed by atoms with van der Waals surface area (Å²) in [6.07, 6.45) is 3.44. The lowest BCUT2D eigenvalue weighted by Crippen LogP contribution is -1.92. The molecule has 0 atom stereocenters. The van der Waals surface area contributed by atoms with Gasteiger partial charge in [0.1, 0.15) is 17.5 Å². The predicted octanol–water partition coefficient (Wildman–Crippen LogP) is 3.28. The average Bonchev–Trinajstić information content (AvgIpc) is 2.73. The highest BCUT2D eigenvalue weighted by Gasteiger charge is 2.11. The number of benzene rings is 1. The predicted molar refractivity (Wildman–Crippen MR) is 60.5 cm³/mol. The summed E-state index contributed by atoms with van der Waals surface area (Å²) in [6.45, 7) is 0. The molecule has 2 aromatic heterocycles. The lowest BCUT2D eigenvalue weighted by Gasteiger charge is -2.02. The summed E-state index contributed by atoms with van der Waals surface area (Å²) in [4.78, 5) is 4.16. The van der Waals surface area contributed by atoms with Crippen LogP contribution in [0, 0.1) is 11.6 Å². The molecule has 0 bridgehead atoms. The van der Waals surface area contributed by atoms with Gasteiger partial charge in [-0.3, -0.25) is 4.40 Å². The Morgan fingerprint density at radius 1 is 1.06 bits per heavy atom. The molecule has 2 heterocycles. The molecule has 3 rings (SSSR count). The summed E-state index contributed by atoms with van der Waals surface area (Å²) < 4.78 is 28.2. The smallest absolute Gasteiger partial charge is 0.147 e. The van der Waals surface area contributed by atoms with Crippen LogP contribution in [0.1, 0.15) is 0 Å². The van der Waals surface area contributed by atoms with E-state index in [1.54, 1.807) is 16.8 Å². The summed E-state index contributed by atoms with van der Waals surface area (Å²) in [5, 5.41) is 0. The van der Waals surface area contributed by atoms with Crippen molar-refractivity contribution in [3.63, 3.8) is 0 Å². The molecule has 0 aliphatic carbocycles. The van der Waals surface area contributed by atoms with Crippen LogP contribution in [-0.4, -0.2) is 9.38 Å². The normalized spacial score (nSPS) is 10.9. The van der Waals surface area contributed by atoms with E-state index in [4.69, 9.17) is 0 Å². The molecule has 0 saturated heterocycles. The zero-order valence-electron chi connectivity index (χ0n) is 8.77. The molecule has 0 N–H and O–H groups in total. The second-order valence-corrected chi connectivity index (χ2v) is 3.70.